The van der Waals surface area contributed by atoms with Gasteiger partial charge in [0.15, 0.2) is 0 Å². The number of H-pyrrole nitrogens is 1. The minimum absolute atomic E-state index is 0.0620. The van der Waals surface area contributed by atoms with E-state index in [1.165, 1.54) is 32.1 Å². The van der Waals surface area contributed by atoms with Crippen molar-refractivity contribution in [2.75, 3.05) is 20.1 Å². The molecule has 4 rings (SSSR count). The summed E-state index contributed by atoms with van der Waals surface area (Å²) in [6.45, 7) is 6.30. The van der Waals surface area contributed by atoms with E-state index in [-0.39, 0.29) is 11.7 Å². The maximum absolute atomic E-state index is 13.7. The number of aromatic nitrogens is 2. The molecule has 35 heavy (non-hydrogen) atoms. The molecule has 0 amide bonds. The van der Waals surface area contributed by atoms with Gasteiger partial charge < -0.3 is 15.0 Å². The van der Waals surface area contributed by atoms with E-state index in [0.717, 1.165) is 60.3 Å². The minimum Gasteiger partial charge on any atom is -0.389 e. The Morgan fingerprint density at radius 3 is 2.66 bits per heavy atom. The van der Waals surface area contributed by atoms with Crippen LogP contribution in [0.3, 0.4) is 0 Å². The SMILES string of the molecule is CC(C)C1c2ccc(F)cc2CCC1(O)CCN(C)CCCCCCCc1nc2ccccc2[nH]1. The molecular weight excluding hydrogens is 437 g/mol. The van der Waals surface area contributed by atoms with Crippen LogP contribution in [0.4, 0.5) is 4.39 Å². The van der Waals surface area contributed by atoms with E-state index in [2.05, 4.69) is 47.9 Å². The molecule has 2 unspecified atom stereocenters. The number of para-hydroxylation sites is 2. The fourth-order valence-electron chi connectivity index (χ4n) is 5.98. The Bertz CT molecular complexity index is 1060. The molecule has 1 aromatic heterocycles. The summed E-state index contributed by atoms with van der Waals surface area (Å²) in [4.78, 5) is 10.5. The van der Waals surface area contributed by atoms with Crippen molar-refractivity contribution in [1.29, 1.82) is 0 Å². The van der Waals surface area contributed by atoms with Crippen molar-refractivity contribution < 1.29 is 9.50 Å². The normalized spacial score (nSPS) is 20.1. The molecule has 3 aromatic rings. The fourth-order valence-corrected chi connectivity index (χ4v) is 5.98. The van der Waals surface area contributed by atoms with Crippen molar-refractivity contribution in [3.63, 3.8) is 0 Å². The van der Waals surface area contributed by atoms with E-state index in [1.807, 2.05) is 18.2 Å². The summed E-state index contributed by atoms with van der Waals surface area (Å²) in [6, 6.07) is 13.3. The van der Waals surface area contributed by atoms with Gasteiger partial charge in [0.2, 0.25) is 0 Å². The Kier molecular flexibility index (Phi) is 8.61. The third kappa shape index (κ3) is 6.50. The van der Waals surface area contributed by atoms with Gasteiger partial charge in [-0.2, -0.15) is 0 Å². The lowest BCUT2D eigenvalue weighted by molar-refractivity contribution is -0.0301. The number of halogens is 1. The lowest BCUT2D eigenvalue weighted by Gasteiger charge is -2.44. The first kappa shape index (κ1) is 25.8. The van der Waals surface area contributed by atoms with Gasteiger partial charge in [-0.25, -0.2) is 9.37 Å². The van der Waals surface area contributed by atoms with Crippen LogP contribution in [0.2, 0.25) is 0 Å². The molecule has 1 heterocycles. The molecular formula is C30H42FN3O. The lowest BCUT2D eigenvalue weighted by Crippen LogP contribution is -2.45. The van der Waals surface area contributed by atoms with Crippen molar-refractivity contribution in [2.24, 2.45) is 5.92 Å². The Morgan fingerprint density at radius 1 is 1.09 bits per heavy atom. The predicted molar refractivity (Wildman–Crippen MR) is 142 cm³/mol. The number of aryl methyl sites for hydroxylation is 2. The molecule has 1 aliphatic rings. The van der Waals surface area contributed by atoms with Crippen molar-refractivity contribution >= 4 is 11.0 Å². The zero-order valence-corrected chi connectivity index (χ0v) is 21.7. The molecule has 2 atom stereocenters. The number of nitrogens with zero attached hydrogens (tertiary/aromatic N) is 2. The first-order valence-corrected chi connectivity index (χ1v) is 13.5. The van der Waals surface area contributed by atoms with Gasteiger partial charge in [-0.15, -0.1) is 0 Å². The molecule has 4 nitrogen and oxygen atoms in total. The topological polar surface area (TPSA) is 52.1 Å². The summed E-state index contributed by atoms with van der Waals surface area (Å²) < 4.78 is 13.7. The Hall–Kier alpha value is -2.24. The summed E-state index contributed by atoms with van der Waals surface area (Å²) >= 11 is 0. The highest BCUT2D eigenvalue weighted by atomic mass is 19.1. The molecule has 2 aromatic carbocycles. The molecule has 5 heteroatoms. The van der Waals surface area contributed by atoms with Crippen LogP contribution in [0.25, 0.3) is 11.0 Å². The average Bonchev–Trinajstić information content (AvgIpc) is 3.25. The first-order chi connectivity index (χ1) is 16.9. The number of imidazole rings is 1. The Balaban J connectivity index is 1.15. The minimum atomic E-state index is -0.718. The molecule has 190 valence electrons. The van der Waals surface area contributed by atoms with Gasteiger partial charge >= 0.3 is 0 Å². The summed E-state index contributed by atoms with van der Waals surface area (Å²) in [6.07, 6.45) is 9.33. The number of benzene rings is 2. The molecule has 0 saturated carbocycles. The predicted octanol–water partition coefficient (Wildman–Crippen LogP) is 6.63. The number of unbranched alkanes of at least 4 members (excludes halogenated alkanes) is 4. The number of hydrogen-bond acceptors (Lipinski definition) is 3. The van der Waals surface area contributed by atoms with E-state index in [1.54, 1.807) is 12.1 Å². The van der Waals surface area contributed by atoms with Crippen LogP contribution >= 0.6 is 0 Å². The second-order valence-corrected chi connectivity index (χ2v) is 10.9. The van der Waals surface area contributed by atoms with Crippen molar-refractivity contribution in [3.05, 3.63) is 65.2 Å². The van der Waals surface area contributed by atoms with E-state index in [4.69, 9.17) is 0 Å². The lowest BCUT2D eigenvalue weighted by atomic mass is 9.66. The van der Waals surface area contributed by atoms with Crippen LogP contribution in [0.15, 0.2) is 42.5 Å². The standard InChI is InChI=1S/C30H42FN3O/c1-22(2)29-25-15-14-24(31)21-23(25)16-17-30(29,35)18-20-34(3)19-10-6-4-5-7-13-28-32-26-11-8-9-12-27(26)33-28/h8-9,11-12,14-15,21-22,29,35H,4-7,10,13,16-20H2,1-3H3,(H,32,33). The smallest absolute Gasteiger partial charge is 0.123 e. The summed E-state index contributed by atoms with van der Waals surface area (Å²) in [5.41, 5.74) is 3.68. The molecule has 0 saturated heterocycles. The molecule has 0 radical (unpaired) electrons. The third-order valence-corrected chi connectivity index (χ3v) is 7.83. The van der Waals surface area contributed by atoms with E-state index < -0.39 is 5.60 Å². The molecule has 0 aliphatic heterocycles. The Morgan fingerprint density at radius 2 is 1.86 bits per heavy atom. The largest absolute Gasteiger partial charge is 0.389 e. The zero-order valence-electron chi connectivity index (χ0n) is 21.7. The number of aliphatic hydroxyl groups is 1. The maximum Gasteiger partial charge on any atom is 0.123 e. The zero-order chi connectivity index (χ0) is 24.8. The van der Waals surface area contributed by atoms with Crippen LogP contribution in [0.5, 0.6) is 0 Å². The Labute approximate surface area is 210 Å². The highest BCUT2D eigenvalue weighted by Crippen LogP contribution is 2.45. The van der Waals surface area contributed by atoms with Crippen molar-refractivity contribution in [1.82, 2.24) is 14.9 Å². The fraction of sp³-hybridized carbons (Fsp3) is 0.567. The summed E-state index contributed by atoms with van der Waals surface area (Å²) in [5, 5.41) is 11.6. The highest BCUT2D eigenvalue weighted by Gasteiger charge is 2.43. The van der Waals surface area contributed by atoms with Crippen LogP contribution in [0, 0.1) is 11.7 Å². The van der Waals surface area contributed by atoms with Crippen LogP contribution < -0.4 is 0 Å². The van der Waals surface area contributed by atoms with Gasteiger partial charge in [0.25, 0.3) is 0 Å². The second-order valence-electron chi connectivity index (χ2n) is 10.9. The molecule has 2 N–H and O–H groups in total. The van der Waals surface area contributed by atoms with Gasteiger partial charge in [0.1, 0.15) is 11.6 Å². The summed E-state index contributed by atoms with van der Waals surface area (Å²) in [5.74, 6) is 1.30. The highest BCUT2D eigenvalue weighted by molar-refractivity contribution is 5.74. The average molecular weight is 480 g/mol. The van der Waals surface area contributed by atoms with Crippen molar-refractivity contribution in [3.8, 4) is 0 Å². The molecule has 0 fully saturated rings. The second kappa shape index (κ2) is 11.7. The van der Waals surface area contributed by atoms with E-state index >= 15 is 0 Å². The number of aromatic amines is 1. The summed E-state index contributed by atoms with van der Waals surface area (Å²) in [7, 11) is 2.17. The maximum atomic E-state index is 13.7. The van der Waals surface area contributed by atoms with E-state index in [9.17, 15) is 9.50 Å². The van der Waals surface area contributed by atoms with E-state index in [0.29, 0.717) is 12.3 Å². The van der Waals surface area contributed by atoms with Gasteiger partial charge in [0, 0.05) is 18.9 Å². The van der Waals surface area contributed by atoms with Gasteiger partial charge in [-0.05, 0) is 87.0 Å². The first-order valence-electron chi connectivity index (χ1n) is 13.5. The van der Waals surface area contributed by atoms with Crippen molar-refractivity contribution in [2.45, 2.75) is 83.2 Å². The monoisotopic (exact) mass is 479 g/mol. The number of rotatable bonds is 12. The van der Waals surface area contributed by atoms with Crippen LogP contribution in [0.1, 0.15) is 81.7 Å². The number of fused-ring (bicyclic) bond motifs is 2. The van der Waals surface area contributed by atoms with Gasteiger partial charge in [0.05, 0.1) is 16.6 Å². The quantitative estimate of drug-likeness (QED) is 0.287. The molecule has 1 aliphatic carbocycles. The third-order valence-electron chi connectivity index (χ3n) is 7.83. The van der Waals surface area contributed by atoms with Gasteiger partial charge in [-0.3, -0.25) is 0 Å². The van der Waals surface area contributed by atoms with Gasteiger partial charge in [-0.1, -0.05) is 51.3 Å². The van der Waals surface area contributed by atoms with Crippen LogP contribution in [-0.4, -0.2) is 45.7 Å². The number of hydrogen-bond donors (Lipinski definition) is 2. The van der Waals surface area contributed by atoms with Crippen LogP contribution in [-0.2, 0) is 12.8 Å². The molecule has 0 bridgehead atoms. The molecule has 0 spiro atoms. The number of nitrogens with one attached hydrogen (secondary N) is 1.